The monoisotopic (exact) mass is 833 g/mol. The Bertz CT molecular complexity index is 2620. The highest BCUT2D eigenvalue weighted by molar-refractivity contribution is 6.07. The van der Waals surface area contributed by atoms with Crippen LogP contribution in [0.1, 0.15) is 25.7 Å². The number of nitro groups is 2. The van der Waals surface area contributed by atoms with E-state index in [1.165, 1.54) is 24.3 Å². The fraction of sp³-hybridized carbons (Fsp3) is 0.333. The predicted octanol–water partition coefficient (Wildman–Crippen LogP) is 5.02. The van der Waals surface area contributed by atoms with E-state index >= 15 is 0 Å². The number of quaternary nitrogens is 2. The van der Waals surface area contributed by atoms with Gasteiger partial charge in [-0.3, -0.25) is 20.2 Å². The average Bonchev–Trinajstić information content (AvgIpc) is 3.66. The van der Waals surface area contributed by atoms with Crippen LogP contribution >= 0.6 is 0 Å². The van der Waals surface area contributed by atoms with Gasteiger partial charge >= 0.3 is 0 Å². The third kappa shape index (κ3) is 8.00. The van der Waals surface area contributed by atoms with Crippen LogP contribution in [0.3, 0.4) is 0 Å². The summed E-state index contributed by atoms with van der Waals surface area (Å²) in [4.78, 5) is 41.7. The van der Waals surface area contributed by atoms with Gasteiger partial charge in [0.25, 0.3) is 11.4 Å². The van der Waals surface area contributed by atoms with Crippen LogP contribution in [0.2, 0.25) is 0 Å². The first kappa shape index (κ1) is 39.6. The molecule has 0 bridgehead atoms. The van der Waals surface area contributed by atoms with Crippen molar-refractivity contribution in [3.05, 3.63) is 105 Å². The summed E-state index contributed by atoms with van der Waals surface area (Å²) in [7, 11) is 9.12. The minimum Gasteiger partial charge on any atom is -1.00 e. The van der Waals surface area contributed by atoms with Gasteiger partial charge in [0.15, 0.2) is 11.3 Å². The molecule has 0 aliphatic heterocycles. The number of unbranched alkanes of at least 4 members (excludes halogenated alkanes) is 3. The number of non-ortho nitro benzene ring substituents is 2. The Labute approximate surface area is 339 Å². The Balaban J connectivity index is 0.00000496. The van der Waals surface area contributed by atoms with Gasteiger partial charge in [0.1, 0.15) is 11.0 Å². The van der Waals surface area contributed by atoms with Gasteiger partial charge in [-0.25, -0.2) is 19.9 Å². The Morgan fingerprint density at radius 1 is 0.526 bits per heavy atom. The fourth-order valence-electron chi connectivity index (χ4n) is 7.93. The Hall–Kier alpha value is -5.64. The molecule has 4 heterocycles. The van der Waals surface area contributed by atoms with Crippen molar-refractivity contribution >= 4 is 77.6 Å². The van der Waals surface area contributed by atoms with Gasteiger partial charge < -0.3 is 35.1 Å². The van der Waals surface area contributed by atoms with E-state index in [2.05, 4.69) is 61.6 Å². The maximum atomic E-state index is 11.4. The van der Waals surface area contributed by atoms with Crippen molar-refractivity contribution in [2.45, 2.75) is 38.8 Å². The van der Waals surface area contributed by atoms with E-state index in [4.69, 9.17) is 19.9 Å². The molecular weight excluding hydrogens is 788 g/mol. The zero-order valence-electron chi connectivity index (χ0n) is 32.6. The van der Waals surface area contributed by atoms with E-state index in [1.807, 2.05) is 24.3 Å². The van der Waals surface area contributed by atoms with E-state index in [9.17, 15) is 20.2 Å². The van der Waals surface area contributed by atoms with Crippen molar-refractivity contribution < 1.29 is 35.8 Å². The average molecular weight is 835 g/mol. The van der Waals surface area contributed by atoms with Crippen LogP contribution in [0.4, 0.5) is 11.4 Å². The molecule has 8 aromatic rings. The Morgan fingerprint density at radius 2 is 0.930 bits per heavy atom. The van der Waals surface area contributed by atoms with Gasteiger partial charge in [-0.1, -0.05) is 36.4 Å². The van der Waals surface area contributed by atoms with E-state index in [0.717, 1.165) is 118 Å². The van der Waals surface area contributed by atoms with E-state index < -0.39 is 9.85 Å². The van der Waals surface area contributed by atoms with Gasteiger partial charge in [-0.05, 0) is 49.9 Å². The smallest absolute Gasteiger partial charge is 0.271 e. The van der Waals surface area contributed by atoms with Gasteiger partial charge in [-0.15, -0.1) is 0 Å². The first-order valence-corrected chi connectivity index (χ1v) is 19.2. The minimum absolute atomic E-state index is 0. The van der Waals surface area contributed by atoms with Crippen LogP contribution in [0, 0.1) is 20.2 Å². The number of likely N-dealkylation sites (N-methyl/N-ethyl adjacent to an activating group) is 2. The summed E-state index contributed by atoms with van der Waals surface area (Å²) in [5.74, 6) is 0. The van der Waals surface area contributed by atoms with Gasteiger partial charge in [0.05, 0.1) is 110 Å². The second-order valence-electron chi connectivity index (χ2n) is 16.2. The van der Waals surface area contributed by atoms with Crippen molar-refractivity contribution in [3.8, 4) is 0 Å². The third-order valence-electron chi connectivity index (χ3n) is 11.2. The van der Waals surface area contributed by atoms with Crippen LogP contribution in [0.15, 0.2) is 84.9 Å². The minimum atomic E-state index is -0.396. The largest absolute Gasteiger partial charge is 1.00 e. The Morgan fingerprint density at radius 3 is 1.33 bits per heavy atom. The Kier molecular flexibility index (Phi) is 10.9. The van der Waals surface area contributed by atoms with E-state index in [-0.39, 0.29) is 28.4 Å². The van der Waals surface area contributed by atoms with Crippen LogP contribution < -0.4 is 17.0 Å². The van der Waals surface area contributed by atoms with E-state index in [1.54, 1.807) is 12.1 Å². The molecule has 0 unspecified atom stereocenters. The molecule has 0 saturated heterocycles. The molecule has 4 aromatic heterocycles. The molecule has 57 heavy (non-hydrogen) atoms. The van der Waals surface area contributed by atoms with Crippen LogP contribution in [-0.2, 0) is 13.1 Å². The van der Waals surface area contributed by atoms with Gasteiger partial charge in [-0.2, -0.15) is 0 Å². The number of nitrogens with zero attached hydrogens (tertiary/aromatic N) is 10. The van der Waals surface area contributed by atoms with Crippen molar-refractivity contribution in [2.75, 3.05) is 54.4 Å². The lowest BCUT2D eigenvalue weighted by Gasteiger charge is -2.31. The number of para-hydroxylation sites is 2. The highest BCUT2D eigenvalue weighted by atomic mass is 79.9. The van der Waals surface area contributed by atoms with E-state index in [0.29, 0.717) is 22.1 Å². The van der Waals surface area contributed by atoms with Crippen molar-refractivity contribution in [2.24, 2.45) is 0 Å². The number of hydrogen-bond donors (Lipinski definition) is 0. The summed E-state index contributed by atoms with van der Waals surface area (Å²) in [6.45, 7) is 5.45. The summed E-state index contributed by atoms with van der Waals surface area (Å²) in [5, 5.41) is 24.9. The molecule has 0 amide bonds. The lowest BCUT2D eigenvalue weighted by molar-refractivity contribution is -0.891. The second kappa shape index (κ2) is 15.7. The molecule has 0 radical (unpaired) electrons. The lowest BCUT2D eigenvalue weighted by atomic mass is 10.1. The number of hydrogen-bond acceptors (Lipinski definition) is 8. The number of nitro benzene ring substituents is 2. The molecule has 15 heteroatoms. The predicted molar refractivity (Wildman–Crippen MR) is 221 cm³/mol. The van der Waals surface area contributed by atoms with Crippen LogP contribution in [0.5, 0.6) is 0 Å². The molecule has 14 nitrogen and oxygen atoms in total. The molecule has 0 N–H and O–H groups in total. The third-order valence-corrected chi connectivity index (χ3v) is 11.2. The topological polar surface area (TPSA) is 148 Å². The summed E-state index contributed by atoms with van der Waals surface area (Å²) in [6, 6.07) is 25.7. The maximum Gasteiger partial charge on any atom is 0.271 e. The van der Waals surface area contributed by atoms with Crippen LogP contribution in [0.25, 0.3) is 66.2 Å². The fourth-order valence-corrected chi connectivity index (χ4v) is 7.93. The first-order valence-electron chi connectivity index (χ1n) is 19.2. The second-order valence-corrected chi connectivity index (χ2v) is 16.2. The standard InChI is InChI=1S/C42H46N10O4.BrH/c1-51(2,25-21-47-37-15-9-7-13-31(37)39-41(47)45-35-27-29(49(53)54)17-19-33(35)43-39)23-11-5-6-12-24-52(3,4)26-22-48-38-16-10-8-14-32(38)40-42(48)46-36-28-30(50(55)56)18-20-34(36)44-40;/h7-10,13-20,27-28H,5-6,11-12,21-26H2,1-4H3;1H/q+2;/p-1. The lowest BCUT2D eigenvalue weighted by Crippen LogP contribution is -3.00. The number of aromatic nitrogens is 6. The zero-order valence-corrected chi connectivity index (χ0v) is 34.2. The molecular formula is C42H46BrN10O4+. The van der Waals surface area contributed by atoms with Crippen molar-refractivity contribution in [3.63, 3.8) is 0 Å². The molecule has 0 spiro atoms. The first-order chi connectivity index (χ1) is 26.9. The quantitative estimate of drug-likeness (QED) is 0.0606. The number of fused-ring (bicyclic) bond motifs is 8. The maximum absolute atomic E-state index is 11.4. The molecule has 0 saturated carbocycles. The van der Waals surface area contributed by atoms with Gasteiger partial charge in [0, 0.05) is 35.0 Å². The molecule has 0 aliphatic carbocycles. The zero-order chi connectivity index (χ0) is 39.2. The number of benzene rings is 4. The molecule has 0 atom stereocenters. The summed E-state index contributed by atoms with van der Waals surface area (Å²) < 4.78 is 6.17. The molecule has 4 aromatic carbocycles. The highest BCUT2D eigenvalue weighted by Gasteiger charge is 2.22. The molecule has 0 aliphatic rings. The highest BCUT2D eigenvalue weighted by Crippen LogP contribution is 2.31. The number of rotatable bonds is 15. The molecule has 294 valence electrons. The summed E-state index contributed by atoms with van der Waals surface area (Å²) in [6.07, 6.45) is 4.59. The summed E-state index contributed by atoms with van der Waals surface area (Å²) in [5.41, 5.74) is 7.65. The molecule has 0 fully saturated rings. The van der Waals surface area contributed by atoms with Crippen molar-refractivity contribution in [1.82, 2.24) is 29.1 Å². The van der Waals surface area contributed by atoms with Gasteiger partial charge in [0.2, 0.25) is 0 Å². The van der Waals surface area contributed by atoms with Crippen LogP contribution in [-0.4, -0.2) is 102 Å². The number of halogens is 1. The SMILES string of the molecule is C[N+](C)(CCCCCC[N+](C)(C)CCn1c2ccccc2c2nc3ccc([N+](=O)[O-])cc3nc21)CCn1c2ccccc2c2nc3ccc([N+](=O)[O-])cc3nc21.[Br-]. The summed E-state index contributed by atoms with van der Waals surface area (Å²) >= 11 is 0. The van der Waals surface area contributed by atoms with Crippen molar-refractivity contribution in [1.29, 1.82) is 0 Å². The molecule has 8 rings (SSSR count). The normalized spacial score (nSPS) is 12.4.